The molecule has 174 valence electrons. The second kappa shape index (κ2) is 9.17. The Morgan fingerprint density at radius 3 is 2.68 bits per heavy atom. The van der Waals surface area contributed by atoms with Gasteiger partial charge in [-0.15, -0.1) is 0 Å². The Bertz CT molecular complexity index is 1250. The number of carbonyl (C=O) groups excluding carboxylic acids is 2. The number of furan rings is 2. The molecule has 1 aromatic carbocycles. The van der Waals surface area contributed by atoms with Crippen LogP contribution in [0.5, 0.6) is 0 Å². The van der Waals surface area contributed by atoms with Gasteiger partial charge >= 0.3 is 5.97 Å². The Labute approximate surface area is 197 Å². The lowest BCUT2D eigenvalue weighted by Gasteiger charge is -2.27. The molecule has 0 radical (unpaired) electrons. The highest BCUT2D eigenvalue weighted by molar-refractivity contribution is 6.08. The molecular formula is C27H26N2O5. The third-order valence-electron chi connectivity index (χ3n) is 6.52. The highest BCUT2D eigenvalue weighted by atomic mass is 16.5. The molecule has 0 bridgehead atoms. The highest BCUT2D eigenvalue weighted by Crippen LogP contribution is 2.44. The van der Waals surface area contributed by atoms with Crippen molar-refractivity contribution in [3.8, 4) is 0 Å². The van der Waals surface area contributed by atoms with E-state index in [1.54, 1.807) is 30.7 Å². The summed E-state index contributed by atoms with van der Waals surface area (Å²) in [6.07, 6.45) is 7.92. The van der Waals surface area contributed by atoms with Crippen molar-refractivity contribution in [2.45, 2.75) is 39.2 Å². The fourth-order valence-corrected chi connectivity index (χ4v) is 4.64. The van der Waals surface area contributed by atoms with Crippen molar-refractivity contribution in [3.63, 3.8) is 0 Å². The van der Waals surface area contributed by atoms with Gasteiger partial charge in [0.25, 0.3) is 5.91 Å². The lowest BCUT2D eigenvalue weighted by Crippen LogP contribution is -2.34. The molecule has 0 saturated heterocycles. The minimum atomic E-state index is -0.534. The maximum atomic E-state index is 13.2. The molecule has 2 unspecified atom stereocenters. The zero-order chi connectivity index (χ0) is 23.7. The largest absolute Gasteiger partial charge is 0.467 e. The summed E-state index contributed by atoms with van der Waals surface area (Å²) in [4.78, 5) is 25.8. The molecule has 1 saturated carbocycles. The number of fused-ring (bicyclic) bond motifs is 1. The maximum Gasteiger partial charge on any atom is 0.338 e. The molecule has 1 aliphatic carbocycles. The van der Waals surface area contributed by atoms with Gasteiger partial charge in [0, 0.05) is 5.92 Å². The van der Waals surface area contributed by atoms with Gasteiger partial charge in [-0.3, -0.25) is 4.79 Å². The maximum absolute atomic E-state index is 13.2. The Morgan fingerprint density at radius 1 is 1.12 bits per heavy atom. The van der Waals surface area contributed by atoms with Crippen LogP contribution in [0.25, 0.3) is 6.08 Å². The first kappa shape index (κ1) is 21.9. The second-order valence-corrected chi connectivity index (χ2v) is 8.74. The van der Waals surface area contributed by atoms with E-state index in [-0.39, 0.29) is 12.0 Å². The topological polar surface area (TPSA) is 85.3 Å². The molecule has 5 rings (SSSR count). The van der Waals surface area contributed by atoms with E-state index in [4.69, 9.17) is 18.7 Å². The van der Waals surface area contributed by atoms with Gasteiger partial charge in [-0.25, -0.2) is 9.80 Å². The van der Waals surface area contributed by atoms with E-state index in [0.29, 0.717) is 11.3 Å². The van der Waals surface area contributed by atoms with E-state index < -0.39 is 18.5 Å². The van der Waals surface area contributed by atoms with Crippen LogP contribution in [-0.2, 0) is 9.53 Å². The number of carbonyl (C=O) groups is 2. The smallest absolute Gasteiger partial charge is 0.338 e. The number of nitrogens with zero attached hydrogens (tertiary/aromatic N) is 2. The van der Waals surface area contributed by atoms with Gasteiger partial charge in [-0.05, 0) is 92.3 Å². The van der Waals surface area contributed by atoms with Crippen LogP contribution >= 0.6 is 0 Å². The predicted octanol–water partition coefficient (Wildman–Crippen LogP) is 5.47. The summed E-state index contributed by atoms with van der Waals surface area (Å²) < 4.78 is 16.6. The third-order valence-corrected chi connectivity index (χ3v) is 6.52. The summed E-state index contributed by atoms with van der Waals surface area (Å²) in [6.45, 7) is 3.51. The third kappa shape index (κ3) is 4.21. The standard InChI is InChI=1S/C27H26N2O5/c1-17-10-11-20(14-18(17)2)27(31)34-16-24(30)29-26(23-9-5-13-33-23)22-8-3-6-19(25(22)28-29)15-21-7-4-12-32-21/h4-5,7,9-15,22,26H,3,6,8,16H2,1-2H3. The average Bonchev–Trinajstić information content (AvgIpc) is 3.60. The van der Waals surface area contributed by atoms with Gasteiger partial charge in [0.1, 0.15) is 17.6 Å². The van der Waals surface area contributed by atoms with Crippen LogP contribution < -0.4 is 0 Å². The van der Waals surface area contributed by atoms with Crippen LogP contribution in [0, 0.1) is 19.8 Å². The number of aryl methyl sites for hydroxylation is 2. The van der Waals surface area contributed by atoms with Gasteiger partial charge in [-0.2, -0.15) is 5.10 Å². The molecule has 0 spiro atoms. The highest BCUT2D eigenvalue weighted by Gasteiger charge is 2.45. The van der Waals surface area contributed by atoms with Gasteiger partial charge in [0.15, 0.2) is 6.61 Å². The molecule has 1 aliphatic heterocycles. The molecule has 2 aromatic heterocycles. The molecule has 2 aliphatic rings. The van der Waals surface area contributed by atoms with Crippen molar-refractivity contribution in [1.29, 1.82) is 0 Å². The summed E-state index contributed by atoms with van der Waals surface area (Å²) in [6, 6.07) is 12.4. The summed E-state index contributed by atoms with van der Waals surface area (Å²) in [7, 11) is 0. The van der Waals surface area contributed by atoms with Crippen molar-refractivity contribution in [3.05, 3.63) is 88.8 Å². The van der Waals surface area contributed by atoms with Gasteiger partial charge in [0.05, 0.1) is 23.8 Å². The Kier molecular flexibility index (Phi) is 5.92. The molecule has 3 heterocycles. The van der Waals surface area contributed by atoms with E-state index >= 15 is 0 Å². The summed E-state index contributed by atoms with van der Waals surface area (Å²) >= 11 is 0. The van der Waals surface area contributed by atoms with E-state index in [2.05, 4.69) is 0 Å². The Balaban J connectivity index is 1.38. The number of rotatable bonds is 5. The van der Waals surface area contributed by atoms with Crippen molar-refractivity contribution >= 4 is 23.7 Å². The zero-order valence-corrected chi connectivity index (χ0v) is 19.2. The van der Waals surface area contributed by atoms with Gasteiger partial charge in [-0.1, -0.05) is 6.07 Å². The number of benzene rings is 1. The minimum Gasteiger partial charge on any atom is -0.467 e. The monoisotopic (exact) mass is 458 g/mol. The number of hydrogen-bond acceptors (Lipinski definition) is 6. The van der Waals surface area contributed by atoms with Gasteiger partial charge < -0.3 is 13.6 Å². The number of esters is 1. The first-order valence-electron chi connectivity index (χ1n) is 11.4. The van der Waals surface area contributed by atoms with E-state index in [1.165, 1.54) is 5.01 Å². The molecule has 34 heavy (non-hydrogen) atoms. The van der Waals surface area contributed by atoms with E-state index in [1.807, 2.05) is 44.2 Å². The SMILES string of the molecule is Cc1ccc(C(=O)OCC(=O)N2N=C3C(=Cc4ccco4)CCCC3C2c2ccco2)cc1C. The normalized spacial score (nSPS) is 20.8. The summed E-state index contributed by atoms with van der Waals surface area (Å²) in [5, 5.41) is 6.15. The first-order valence-corrected chi connectivity index (χ1v) is 11.4. The predicted molar refractivity (Wildman–Crippen MR) is 126 cm³/mol. The molecular weight excluding hydrogens is 432 g/mol. The van der Waals surface area contributed by atoms with Crippen LogP contribution in [0.3, 0.4) is 0 Å². The van der Waals surface area contributed by atoms with Crippen molar-refractivity contribution in [1.82, 2.24) is 5.01 Å². The van der Waals surface area contributed by atoms with Crippen molar-refractivity contribution < 1.29 is 23.2 Å². The van der Waals surface area contributed by atoms with Crippen LogP contribution in [0.4, 0.5) is 0 Å². The number of amides is 1. The van der Waals surface area contributed by atoms with E-state index in [0.717, 1.165) is 47.4 Å². The fraction of sp³-hybridized carbons (Fsp3) is 0.296. The number of hydrazone groups is 1. The fourth-order valence-electron chi connectivity index (χ4n) is 4.64. The lowest BCUT2D eigenvalue weighted by atomic mass is 9.79. The van der Waals surface area contributed by atoms with Crippen molar-refractivity contribution in [2.24, 2.45) is 11.0 Å². The number of allylic oxidation sites excluding steroid dienone is 1. The van der Waals surface area contributed by atoms with Crippen LogP contribution in [0.2, 0.25) is 0 Å². The zero-order valence-electron chi connectivity index (χ0n) is 19.2. The molecule has 1 amide bonds. The Morgan fingerprint density at radius 2 is 1.94 bits per heavy atom. The summed E-state index contributed by atoms with van der Waals surface area (Å²) in [5.74, 6) is 0.490. The van der Waals surface area contributed by atoms with E-state index in [9.17, 15) is 9.59 Å². The summed E-state index contributed by atoms with van der Waals surface area (Å²) in [5.41, 5.74) is 4.40. The molecule has 7 heteroatoms. The number of hydrogen-bond donors (Lipinski definition) is 0. The average molecular weight is 459 g/mol. The number of ether oxygens (including phenoxy) is 1. The Hall–Kier alpha value is -3.87. The molecule has 3 aromatic rings. The first-order chi connectivity index (χ1) is 16.5. The molecule has 7 nitrogen and oxygen atoms in total. The molecule has 2 atom stereocenters. The minimum absolute atomic E-state index is 0.000474. The van der Waals surface area contributed by atoms with Gasteiger partial charge in [0.2, 0.25) is 0 Å². The lowest BCUT2D eigenvalue weighted by molar-refractivity contribution is -0.137. The molecule has 1 fully saturated rings. The van der Waals surface area contributed by atoms with Crippen LogP contribution in [0.1, 0.15) is 58.3 Å². The quantitative estimate of drug-likeness (QED) is 0.473. The van der Waals surface area contributed by atoms with Crippen LogP contribution in [-0.4, -0.2) is 29.2 Å². The molecule has 0 N–H and O–H groups in total. The van der Waals surface area contributed by atoms with Crippen molar-refractivity contribution in [2.75, 3.05) is 6.61 Å². The second-order valence-electron chi connectivity index (χ2n) is 8.74. The van der Waals surface area contributed by atoms with Crippen LogP contribution in [0.15, 0.2) is 74.5 Å².